The van der Waals surface area contributed by atoms with E-state index in [2.05, 4.69) is 39.3 Å². The van der Waals surface area contributed by atoms with Gasteiger partial charge in [0.25, 0.3) is 5.91 Å². The van der Waals surface area contributed by atoms with Crippen molar-refractivity contribution in [2.24, 2.45) is 11.7 Å². The summed E-state index contributed by atoms with van der Waals surface area (Å²) in [6.45, 7) is 8.98. The number of halogens is 1. The molecule has 2 aromatic heterocycles. The van der Waals surface area contributed by atoms with Gasteiger partial charge >= 0.3 is 0 Å². The molecule has 8 heteroatoms. The van der Waals surface area contributed by atoms with E-state index >= 15 is 0 Å². The smallest absolute Gasteiger partial charge is 0.252 e. The van der Waals surface area contributed by atoms with E-state index in [1.54, 1.807) is 6.20 Å². The van der Waals surface area contributed by atoms with Gasteiger partial charge in [-0.15, -0.1) is 0 Å². The van der Waals surface area contributed by atoms with Crippen LogP contribution in [0.2, 0.25) is 0 Å². The first kappa shape index (κ1) is 23.5. The minimum Gasteiger partial charge on any atom is -0.365 e. The number of aryl methyl sites for hydroxylation is 2. The first-order chi connectivity index (χ1) is 14.1. The zero-order chi connectivity index (χ0) is 22.4. The second-order valence-corrected chi connectivity index (χ2v) is 8.27. The summed E-state index contributed by atoms with van der Waals surface area (Å²) in [7, 11) is 4.06. The predicted molar refractivity (Wildman–Crippen MR) is 120 cm³/mol. The summed E-state index contributed by atoms with van der Waals surface area (Å²) < 4.78 is 14.7. The summed E-state index contributed by atoms with van der Waals surface area (Å²) in [6, 6.07) is 3.07. The first-order valence-corrected chi connectivity index (χ1v) is 10.2. The van der Waals surface area contributed by atoms with Crippen LogP contribution in [-0.2, 0) is 0 Å². The SMILES string of the molecule is Cc1cc(Nc2nc(N[C@H](CCCN(C)C)C(C)C)c(F)cc2C(N)=O)cnc1C. The minimum atomic E-state index is -0.751. The molecule has 164 valence electrons. The molecule has 0 unspecified atom stereocenters. The molecule has 2 heterocycles. The van der Waals surface area contributed by atoms with Gasteiger partial charge in [0.1, 0.15) is 5.82 Å². The third kappa shape index (κ3) is 6.38. The second kappa shape index (κ2) is 10.3. The topological polar surface area (TPSA) is 96.2 Å². The van der Waals surface area contributed by atoms with E-state index in [1.807, 2.05) is 34.0 Å². The van der Waals surface area contributed by atoms with Crippen LogP contribution in [0.4, 0.5) is 21.7 Å². The molecule has 2 aromatic rings. The van der Waals surface area contributed by atoms with E-state index in [0.29, 0.717) is 5.69 Å². The molecular weight excluding hydrogens is 383 g/mol. The van der Waals surface area contributed by atoms with Crippen LogP contribution < -0.4 is 16.4 Å². The van der Waals surface area contributed by atoms with Crippen molar-refractivity contribution >= 4 is 23.2 Å². The van der Waals surface area contributed by atoms with Gasteiger partial charge in [-0.2, -0.15) is 0 Å². The van der Waals surface area contributed by atoms with E-state index in [-0.39, 0.29) is 29.2 Å². The number of pyridine rings is 2. The number of nitrogens with two attached hydrogens (primary N) is 1. The Hall–Kier alpha value is -2.74. The molecular formula is C22H33FN6O. The maximum Gasteiger partial charge on any atom is 0.252 e. The average Bonchev–Trinajstić information content (AvgIpc) is 2.65. The molecule has 0 spiro atoms. The number of primary amides is 1. The van der Waals surface area contributed by atoms with Crippen LogP contribution in [0.5, 0.6) is 0 Å². The maximum atomic E-state index is 14.7. The van der Waals surface area contributed by atoms with Gasteiger partial charge in [-0.3, -0.25) is 9.78 Å². The zero-order valence-electron chi connectivity index (χ0n) is 18.7. The normalized spacial score (nSPS) is 12.3. The quantitative estimate of drug-likeness (QED) is 0.544. The highest BCUT2D eigenvalue weighted by Gasteiger charge is 2.20. The van der Waals surface area contributed by atoms with Crippen LogP contribution in [0.3, 0.4) is 0 Å². The lowest BCUT2D eigenvalue weighted by atomic mass is 9.99. The highest BCUT2D eigenvalue weighted by atomic mass is 19.1. The summed E-state index contributed by atoms with van der Waals surface area (Å²) in [5.74, 6) is -0.774. The third-order valence-electron chi connectivity index (χ3n) is 5.09. The Morgan fingerprint density at radius 3 is 2.50 bits per heavy atom. The molecule has 30 heavy (non-hydrogen) atoms. The molecule has 0 aliphatic heterocycles. The molecule has 0 aliphatic carbocycles. The van der Waals surface area contributed by atoms with Crippen molar-refractivity contribution in [3.8, 4) is 0 Å². The van der Waals surface area contributed by atoms with Crippen molar-refractivity contribution in [1.29, 1.82) is 0 Å². The highest BCUT2D eigenvalue weighted by Crippen LogP contribution is 2.26. The Morgan fingerprint density at radius 1 is 1.23 bits per heavy atom. The van der Waals surface area contributed by atoms with Crippen molar-refractivity contribution in [1.82, 2.24) is 14.9 Å². The molecule has 0 saturated heterocycles. The number of amides is 1. The number of anilines is 3. The van der Waals surface area contributed by atoms with Crippen LogP contribution in [0.25, 0.3) is 0 Å². The van der Waals surface area contributed by atoms with Gasteiger partial charge in [0.05, 0.1) is 17.4 Å². The van der Waals surface area contributed by atoms with Gasteiger partial charge in [-0.05, 0) is 70.9 Å². The van der Waals surface area contributed by atoms with Crippen molar-refractivity contribution < 1.29 is 9.18 Å². The highest BCUT2D eigenvalue weighted by molar-refractivity contribution is 5.98. The molecule has 2 rings (SSSR count). The summed E-state index contributed by atoms with van der Waals surface area (Å²) >= 11 is 0. The molecule has 4 N–H and O–H groups in total. The lowest BCUT2D eigenvalue weighted by Crippen LogP contribution is -2.28. The number of hydrogen-bond donors (Lipinski definition) is 3. The summed E-state index contributed by atoms with van der Waals surface area (Å²) in [4.78, 5) is 22.7. The molecule has 1 amide bonds. The Labute approximate surface area is 178 Å². The van der Waals surface area contributed by atoms with Crippen LogP contribution in [0, 0.1) is 25.6 Å². The van der Waals surface area contributed by atoms with Gasteiger partial charge in [0.2, 0.25) is 0 Å². The molecule has 0 radical (unpaired) electrons. The van der Waals surface area contributed by atoms with E-state index < -0.39 is 11.7 Å². The van der Waals surface area contributed by atoms with Gasteiger partial charge < -0.3 is 21.3 Å². The molecule has 7 nitrogen and oxygen atoms in total. The predicted octanol–water partition coefficient (Wildman–Crippen LogP) is 3.85. The van der Waals surface area contributed by atoms with Crippen LogP contribution >= 0.6 is 0 Å². The van der Waals surface area contributed by atoms with Gasteiger partial charge in [-0.25, -0.2) is 9.37 Å². The number of nitrogens with zero attached hydrogens (tertiary/aromatic N) is 3. The number of hydrogen-bond acceptors (Lipinski definition) is 6. The zero-order valence-corrected chi connectivity index (χ0v) is 18.7. The number of carbonyl (C=O) groups is 1. The summed E-state index contributed by atoms with van der Waals surface area (Å²) in [6.07, 6.45) is 3.49. The fourth-order valence-electron chi connectivity index (χ4n) is 3.10. The molecule has 1 atom stereocenters. The lowest BCUT2D eigenvalue weighted by Gasteiger charge is -2.24. The average molecular weight is 417 g/mol. The lowest BCUT2D eigenvalue weighted by molar-refractivity contribution is 0.100. The number of carbonyl (C=O) groups excluding carboxylic acids is 1. The maximum absolute atomic E-state index is 14.7. The largest absolute Gasteiger partial charge is 0.365 e. The van der Waals surface area contributed by atoms with Crippen LogP contribution in [0.1, 0.15) is 48.3 Å². The molecule has 0 bridgehead atoms. The minimum absolute atomic E-state index is 0.00928. The number of nitrogens with one attached hydrogen (secondary N) is 2. The van der Waals surface area contributed by atoms with Gasteiger partial charge in [0, 0.05) is 11.7 Å². The molecule has 0 aromatic carbocycles. The van der Waals surface area contributed by atoms with E-state index in [0.717, 1.165) is 36.7 Å². The number of rotatable bonds is 10. The van der Waals surface area contributed by atoms with Gasteiger partial charge in [-0.1, -0.05) is 13.8 Å². The Balaban J connectivity index is 2.32. The van der Waals surface area contributed by atoms with Crippen LogP contribution in [-0.4, -0.2) is 47.5 Å². The van der Waals surface area contributed by atoms with Gasteiger partial charge in [0.15, 0.2) is 11.6 Å². The van der Waals surface area contributed by atoms with E-state index in [9.17, 15) is 9.18 Å². The standard InChI is InChI=1S/C22H33FN6O/c1-13(2)19(8-7-9-29(5)6)27-22-18(23)11-17(20(24)30)21(28-22)26-16-10-14(3)15(4)25-12-16/h10-13,19H,7-9H2,1-6H3,(H2,24,30)(H2,26,27,28)/t19-/m1/s1. The van der Waals surface area contributed by atoms with Crippen molar-refractivity contribution in [2.45, 2.75) is 46.6 Å². The first-order valence-electron chi connectivity index (χ1n) is 10.2. The second-order valence-electron chi connectivity index (χ2n) is 8.27. The van der Waals surface area contributed by atoms with Crippen molar-refractivity contribution in [3.63, 3.8) is 0 Å². The molecule has 0 aliphatic rings. The summed E-state index contributed by atoms with van der Waals surface area (Å²) in [5, 5.41) is 6.28. The van der Waals surface area contributed by atoms with E-state index in [1.165, 1.54) is 0 Å². The van der Waals surface area contributed by atoms with E-state index in [4.69, 9.17) is 5.73 Å². The Kier molecular flexibility index (Phi) is 8.11. The van der Waals surface area contributed by atoms with Crippen molar-refractivity contribution in [3.05, 3.63) is 41.0 Å². The molecule has 0 fully saturated rings. The summed E-state index contributed by atoms with van der Waals surface area (Å²) in [5.41, 5.74) is 7.99. The molecule has 0 saturated carbocycles. The Morgan fingerprint density at radius 2 is 1.93 bits per heavy atom. The van der Waals surface area contributed by atoms with Crippen molar-refractivity contribution in [2.75, 3.05) is 31.3 Å². The monoisotopic (exact) mass is 416 g/mol. The third-order valence-corrected chi connectivity index (χ3v) is 5.09. The number of aromatic nitrogens is 2. The van der Waals surface area contributed by atoms with Crippen LogP contribution in [0.15, 0.2) is 18.3 Å². The fourth-order valence-corrected chi connectivity index (χ4v) is 3.10. The Bertz CT molecular complexity index is 884. The fraction of sp³-hybridized carbons (Fsp3) is 0.500.